The summed E-state index contributed by atoms with van der Waals surface area (Å²) in [6.07, 6.45) is 4.25. The highest BCUT2D eigenvalue weighted by Gasteiger charge is 2.21. The summed E-state index contributed by atoms with van der Waals surface area (Å²) in [5.41, 5.74) is 1.38. The summed E-state index contributed by atoms with van der Waals surface area (Å²) < 4.78 is 30.1. The fourth-order valence-corrected chi connectivity index (χ4v) is 3.12. The fraction of sp³-hybridized carbons (Fsp3) is 0.278. The molecule has 0 atom stereocenters. The molecule has 1 heterocycles. The topological polar surface area (TPSA) is 106 Å². The second-order valence-electron chi connectivity index (χ2n) is 5.67. The largest absolute Gasteiger partial charge is 0.462 e. The summed E-state index contributed by atoms with van der Waals surface area (Å²) in [5, 5.41) is 2.66. The summed E-state index contributed by atoms with van der Waals surface area (Å²) in [6, 6.07) is 9.38. The van der Waals surface area contributed by atoms with Crippen molar-refractivity contribution in [3.05, 3.63) is 59.9 Å². The first-order valence-corrected chi connectivity index (χ1v) is 10.1. The van der Waals surface area contributed by atoms with Gasteiger partial charge in [-0.2, -0.15) is 0 Å². The first-order valence-electron chi connectivity index (χ1n) is 8.21. The number of sulfonamides is 1. The third-order valence-corrected chi connectivity index (χ3v) is 4.71. The summed E-state index contributed by atoms with van der Waals surface area (Å²) in [7, 11) is -3.70. The van der Waals surface area contributed by atoms with Gasteiger partial charge in [-0.3, -0.25) is 14.1 Å². The number of anilines is 1. The minimum Gasteiger partial charge on any atom is -0.462 e. The number of carbonyl (C=O) groups is 2. The first-order chi connectivity index (χ1) is 12.8. The van der Waals surface area contributed by atoms with E-state index in [1.807, 2.05) is 0 Å². The van der Waals surface area contributed by atoms with Crippen LogP contribution in [0.15, 0.2) is 48.8 Å². The van der Waals surface area contributed by atoms with Crippen molar-refractivity contribution in [2.24, 2.45) is 0 Å². The summed E-state index contributed by atoms with van der Waals surface area (Å²) in [4.78, 5) is 27.8. The maximum atomic E-state index is 12.2. The lowest BCUT2D eigenvalue weighted by molar-refractivity contribution is -0.119. The molecule has 0 saturated carbocycles. The van der Waals surface area contributed by atoms with Gasteiger partial charge in [0.15, 0.2) is 0 Å². The average molecular weight is 391 g/mol. The van der Waals surface area contributed by atoms with Gasteiger partial charge in [0, 0.05) is 18.9 Å². The van der Waals surface area contributed by atoms with Crippen molar-refractivity contribution in [1.82, 2.24) is 10.3 Å². The van der Waals surface area contributed by atoms with Crippen LogP contribution in [0.1, 0.15) is 22.8 Å². The van der Waals surface area contributed by atoms with E-state index in [0.717, 1.165) is 16.1 Å². The molecule has 0 spiro atoms. The van der Waals surface area contributed by atoms with E-state index < -0.39 is 21.9 Å². The Labute approximate surface area is 158 Å². The van der Waals surface area contributed by atoms with E-state index in [0.29, 0.717) is 5.56 Å². The Bertz CT molecular complexity index is 883. The predicted molar refractivity (Wildman–Crippen MR) is 101 cm³/mol. The van der Waals surface area contributed by atoms with Crippen LogP contribution in [0.4, 0.5) is 5.69 Å². The third kappa shape index (κ3) is 6.07. The zero-order chi connectivity index (χ0) is 19.9. The van der Waals surface area contributed by atoms with Gasteiger partial charge < -0.3 is 10.1 Å². The van der Waals surface area contributed by atoms with E-state index in [9.17, 15) is 18.0 Å². The quantitative estimate of drug-likeness (QED) is 0.681. The van der Waals surface area contributed by atoms with Crippen LogP contribution in [0.2, 0.25) is 0 Å². The number of aromatic nitrogens is 1. The van der Waals surface area contributed by atoms with Crippen molar-refractivity contribution in [3.63, 3.8) is 0 Å². The highest BCUT2D eigenvalue weighted by atomic mass is 32.2. The molecule has 1 N–H and O–H groups in total. The van der Waals surface area contributed by atoms with E-state index in [-0.39, 0.29) is 25.4 Å². The highest BCUT2D eigenvalue weighted by molar-refractivity contribution is 7.92. The van der Waals surface area contributed by atoms with Crippen LogP contribution in [0, 0.1) is 0 Å². The van der Waals surface area contributed by atoms with Crippen LogP contribution in [0.5, 0.6) is 0 Å². The summed E-state index contributed by atoms with van der Waals surface area (Å²) in [6.45, 7) is 1.80. The van der Waals surface area contributed by atoms with E-state index in [1.54, 1.807) is 31.5 Å². The van der Waals surface area contributed by atoms with Gasteiger partial charge in [0.05, 0.1) is 24.1 Å². The number of esters is 1. The molecule has 0 aliphatic rings. The predicted octanol–water partition coefficient (Wildman–Crippen LogP) is 1.34. The van der Waals surface area contributed by atoms with Gasteiger partial charge in [-0.1, -0.05) is 6.07 Å². The number of nitrogens with zero attached hydrogens (tertiary/aromatic N) is 2. The number of carbonyl (C=O) groups excluding carboxylic acids is 2. The molecule has 1 aromatic heterocycles. The number of hydrogen-bond acceptors (Lipinski definition) is 6. The van der Waals surface area contributed by atoms with E-state index in [4.69, 9.17) is 4.74 Å². The molecule has 0 radical (unpaired) electrons. The van der Waals surface area contributed by atoms with Crippen LogP contribution in [0.25, 0.3) is 0 Å². The monoisotopic (exact) mass is 391 g/mol. The molecular weight excluding hydrogens is 370 g/mol. The number of pyridine rings is 1. The van der Waals surface area contributed by atoms with Crippen molar-refractivity contribution in [2.45, 2.75) is 13.5 Å². The normalized spacial score (nSPS) is 10.9. The lowest BCUT2D eigenvalue weighted by Gasteiger charge is -2.22. The van der Waals surface area contributed by atoms with Crippen LogP contribution in [0.3, 0.4) is 0 Å². The number of amides is 1. The van der Waals surface area contributed by atoms with Gasteiger partial charge in [-0.05, 0) is 42.8 Å². The Balaban J connectivity index is 2.09. The molecule has 144 valence electrons. The van der Waals surface area contributed by atoms with Crippen LogP contribution < -0.4 is 9.62 Å². The van der Waals surface area contributed by atoms with Crippen LogP contribution in [-0.4, -0.2) is 44.7 Å². The minimum atomic E-state index is -3.70. The van der Waals surface area contributed by atoms with Crippen LogP contribution in [-0.2, 0) is 26.1 Å². The Kier molecular flexibility index (Phi) is 6.89. The summed E-state index contributed by atoms with van der Waals surface area (Å²) in [5.74, 6) is -0.956. The second-order valence-corrected chi connectivity index (χ2v) is 7.58. The number of rotatable bonds is 8. The Morgan fingerprint density at radius 2 is 1.89 bits per heavy atom. The smallest absolute Gasteiger partial charge is 0.338 e. The standard InChI is InChI=1S/C18H21N3O5S/c1-3-26-18(23)15-6-8-16(9-7-15)21(27(2,24)25)13-17(22)20-12-14-5-4-10-19-11-14/h4-11H,3,12-13H2,1-2H3,(H,20,22). The number of benzene rings is 1. The molecule has 0 fully saturated rings. The van der Waals surface area contributed by atoms with Gasteiger partial charge >= 0.3 is 5.97 Å². The highest BCUT2D eigenvalue weighted by Crippen LogP contribution is 2.18. The lowest BCUT2D eigenvalue weighted by atomic mass is 10.2. The second kappa shape index (κ2) is 9.13. The van der Waals surface area contributed by atoms with Gasteiger partial charge in [0.25, 0.3) is 0 Å². The summed E-state index contributed by atoms with van der Waals surface area (Å²) >= 11 is 0. The molecule has 1 aromatic carbocycles. The fourth-order valence-electron chi connectivity index (χ4n) is 2.27. The molecule has 0 saturated heterocycles. The molecule has 0 unspecified atom stereocenters. The zero-order valence-electron chi connectivity index (χ0n) is 15.1. The molecule has 27 heavy (non-hydrogen) atoms. The number of nitrogens with one attached hydrogen (secondary N) is 1. The van der Waals surface area contributed by atoms with Crippen molar-refractivity contribution in [3.8, 4) is 0 Å². The maximum Gasteiger partial charge on any atom is 0.338 e. The van der Waals surface area contributed by atoms with Crippen molar-refractivity contribution < 1.29 is 22.7 Å². The minimum absolute atomic E-state index is 0.242. The van der Waals surface area contributed by atoms with Gasteiger partial charge in [0.2, 0.25) is 15.9 Å². The number of ether oxygens (including phenoxy) is 1. The number of hydrogen-bond donors (Lipinski definition) is 1. The average Bonchev–Trinajstić information content (AvgIpc) is 2.65. The van der Waals surface area contributed by atoms with Gasteiger partial charge in [0.1, 0.15) is 6.54 Å². The zero-order valence-corrected chi connectivity index (χ0v) is 15.9. The molecule has 0 aliphatic heterocycles. The van der Waals surface area contributed by atoms with E-state index in [1.165, 1.54) is 24.3 Å². The molecule has 0 aliphatic carbocycles. The van der Waals surface area contributed by atoms with Crippen LogP contribution >= 0.6 is 0 Å². The molecule has 2 aromatic rings. The Morgan fingerprint density at radius 3 is 2.44 bits per heavy atom. The molecule has 1 amide bonds. The van der Waals surface area contributed by atoms with Crippen molar-refractivity contribution in [2.75, 3.05) is 23.7 Å². The van der Waals surface area contributed by atoms with Crippen molar-refractivity contribution >= 4 is 27.6 Å². The third-order valence-electron chi connectivity index (χ3n) is 3.57. The van der Waals surface area contributed by atoms with E-state index >= 15 is 0 Å². The molecule has 2 rings (SSSR count). The lowest BCUT2D eigenvalue weighted by Crippen LogP contribution is -2.40. The maximum absolute atomic E-state index is 12.2. The SMILES string of the molecule is CCOC(=O)c1ccc(N(CC(=O)NCc2cccnc2)S(C)(=O)=O)cc1. The van der Waals surface area contributed by atoms with Gasteiger partial charge in [-0.25, -0.2) is 13.2 Å². The first kappa shape index (κ1) is 20.4. The van der Waals surface area contributed by atoms with E-state index in [2.05, 4.69) is 10.3 Å². The Hall–Kier alpha value is -2.94. The molecule has 8 nitrogen and oxygen atoms in total. The Morgan fingerprint density at radius 1 is 1.19 bits per heavy atom. The van der Waals surface area contributed by atoms with Crippen molar-refractivity contribution in [1.29, 1.82) is 0 Å². The molecule has 0 bridgehead atoms. The van der Waals surface area contributed by atoms with Gasteiger partial charge in [-0.15, -0.1) is 0 Å². The molecule has 9 heteroatoms. The molecular formula is C18H21N3O5S.